The van der Waals surface area contributed by atoms with Crippen molar-refractivity contribution in [2.24, 2.45) is 0 Å². The molecule has 0 spiro atoms. The SMILES string of the molecule is CCCNCc1cncc(N(C)Cc2cccc(Cl)c2)n1. The van der Waals surface area contributed by atoms with Crippen molar-refractivity contribution in [2.45, 2.75) is 26.4 Å². The summed E-state index contributed by atoms with van der Waals surface area (Å²) in [5.41, 5.74) is 2.11. The van der Waals surface area contributed by atoms with E-state index in [-0.39, 0.29) is 0 Å². The van der Waals surface area contributed by atoms with E-state index in [0.29, 0.717) is 0 Å². The molecule has 0 aliphatic heterocycles. The molecule has 1 aromatic heterocycles. The third-order valence-electron chi connectivity index (χ3n) is 3.10. The van der Waals surface area contributed by atoms with E-state index in [1.54, 1.807) is 12.4 Å². The fourth-order valence-corrected chi connectivity index (χ4v) is 2.26. The van der Waals surface area contributed by atoms with Crippen molar-refractivity contribution >= 4 is 17.4 Å². The molecule has 0 unspecified atom stereocenters. The molecular formula is C16H21ClN4. The smallest absolute Gasteiger partial charge is 0.147 e. The topological polar surface area (TPSA) is 41.1 Å². The predicted molar refractivity (Wildman–Crippen MR) is 87.6 cm³/mol. The molecule has 0 saturated carbocycles. The van der Waals surface area contributed by atoms with Crippen molar-refractivity contribution in [1.29, 1.82) is 0 Å². The lowest BCUT2D eigenvalue weighted by Crippen LogP contribution is -2.20. The van der Waals surface area contributed by atoms with E-state index < -0.39 is 0 Å². The number of halogens is 1. The fraction of sp³-hybridized carbons (Fsp3) is 0.375. The largest absolute Gasteiger partial charge is 0.354 e. The average Bonchev–Trinajstić information content (AvgIpc) is 2.48. The monoisotopic (exact) mass is 304 g/mol. The minimum absolute atomic E-state index is 0.750. The van der Waals surface area contributed by atoms with Crippen LogP contribution in [0.15, 0.2) is 36.7 Å². The third kappa shape index (κ3) is 4.99. The third-order valence-corrected chi connectivity index (χ3v) is 3.34. The van der Waals surface area contributed by atoms with Gasteiger partial charge in [0.05, 0.1) is 11.9 Å². The molecule has 5 heteroatoms. The highest BCUT2D eigenvalue weighted by Crippen LogP contribution is 2.15. The molecule has 0 radical (unpaired) electrons. The molecule has 0 aliphatic rings. The Bertz CT molecular complexity index is 574. The second kappa shape index (κ2) is 7.96. The van der Waals surface area contributed by atoms with E-state index in [9.17, 15) is 0 Å². The lowest BCUT2D eigenvalue weighted by atomic mass is 10.2. The Morgan fingerprint density at radius 1 is 1.29 bits per heavy atom. The molecule has 0 bridgehead atoms. The average molecular weight is 305 g/mol. The summed E-state index contributed by atoms with van der Waals surface area (Å²) in [6.07, 6.45) is 4.70. The number of hydrogen-bond acceptors (Lipinski definition) is 4. The number of anilines is 1. The van der Waals surface area contributed by atoms with Gasteiger partial charge in [-0.1, -0.05) is 30.7 Å². The summed E-state index contributed by atoms with van der Waals surface area (Å²) >= 11 is 6.02. The van der Waals surface area contributed by atoms with Gasteiger partial charge in [0.2, 0.25) is 0 Å². The molecule has 21 heavy (non-hydrogen) atoms. The number of nitrogens with zero attached hydrogens (tertiary/aromatic N) is 3. The molecular weight excluding hydrogens is 284 g/mol. The minimum atomic E-state index is 0.750. The first-order chi connectivity index (χ1) is 10.2. The minimum Gasteiger partial charge on any atom is -0.354 e. The van der Waals surface area contributed by atoms with Crippen LogP contribution in [0.2, 0.25) is 5.02 Å². The van der Waals surface area contributed by atoms with Crippen molar-refractivity contribution in [3.63, 3.8) is 0 Å². The molecule has 0 atom stereocenters. The van der Waals surface area contributed by atoms with Crippen LogP contribution in [0.5, 0.6) is 0 Å². The van der Waals surface area contributed by atoms with Gasteiger partial charge in [0, 0.05) is 31.4 Å². The van der Waals surface area contributed by atoms with Crippen molar-refractivity contribution in [2.75, 3.05) is 18.5 Å². The summed E-state index contributed by atoms with van der Waals surface area (Å²) in [4.78, 5) is 11.0. The van der Waals surface area contributed by atoms with Crippen LogP contribution in [0.4, 0.5) is 5.82 Å². The van der Waals surface area contributed by atoms with Gasteiger partial charge in [-0.25, -0.2) is 4.98 Å². The first kappa shape index (κ1) is 15.7. The van der Waals surface area contributed by atoms with E-state index in [0.717, 1.165) is 48.2 Å². The van der Waals surface area contributed by atoms with Crippen molar-refractivity contribution in [1.82, 2.24) is 15.3 Å². The quantitative estimate of drug-likeness (QED) is 0.797. The van der Waals surface area contributed by atoms with Gasteiger partial charge in [0.1, 0.15) is 5.82 Å². The summed E-state index contributed by atoms with van der Waals surface area (Å²) in [6.45, 7) is 4.64. The van der Waals surface area contributed by atoms with Gasteiger partial charge in [-0.3, -0.25) is 4.98 Å². The summed E-state index contributed by atoms with van der Waals surface area (Å²) in [6, 6.07) is 7.87. The Kier molecular flexibility index (Phi) is 5.96. The maximum Gasteiger partial charge on any atom is 0.147 e. The van der Waals surface area contributed by atoms with Crippen LogP contribution in [0.1, 0.15) is 24.6 Å². The lowest BCUT2D eigenvalue weighted by molar-refractivity contribution is 0.661. The maximum atomic E-state index is 6.02. The Labute approximate surface area is 131 Å². The fourth-order valence-electron chi connectivity index (χ4n) is 2.05. The number of rotatable bonds is 7. The van der Waals surface area contributed by atoms with Crippen molar-refractivity contribution < 1.29 is 0 Å². The molecule has 112 valence electrons. The Balaban J connectivity index is 2.01. The van der Waals surface area contributed by atoms with Crippen LogP contribution in [0.25, 0.3) is 0 Å². The first-order valence-electron chi connectivity index (χ1n) is 7.16. The standard InChI is InChI=1S/C16H21ClN4/c1-3-7-18-9-15-10-19-11-16(20-15)21(2)12-13-5-4-6-14(17)8-13/h4-6,8,10-11,18H,3,7,9,12H2,1-2H3. The number of benzene rings is 1. The van der Waals surface area contributed by atoms with Gasteiger partial charge in [-0.2, -0.15) is 0 Å². The van der Waals surface area contributed by atoms with Gasteiger partial charge in [-0.05, 0) is 30.7 Å². The molecule has 4 nitrogen and oxygen atoms in total. The highest BCUT2D eigenvalue weighted by Gasteiger charge is 2.06. The Morgan fingerprint density at radius 3 is 2.90 bits per heavy atom. The molecule has 0 saturated heterocycles. The zero-order chi connectivity index (χ0) is 15.1. The molecule has 2 aromatic rings. The van der Waals surface area contributed by atoms with Gasteiger partial charge in [0.15, 0.2) is 0 Å². The summed E-state index contributed by atoms with van der Waals surface area (Å²) in [5.74, 6) is 0.866. The second-order valence-corrected chi connectivity index (χ2v) is 5.47. The zero-order valence-electron chi connectivity index (χ0n) is 12.5. The Hall–Kier alpha value is -1.65. The van der Waals surface area contributed by atoms with Crippen LogP contribution in [0.3, 0.4) is 0 Å². The zero-order valence-corrected chi connectivity index (χ0v) is 13.3. The maximum absolute atomic E-state index is 6.02. The highest BCUT2D eigenvalue weighted by atomic mass is 35.5. The van der Waals surface area contributed by atoms with E-state index in [1.165, 1.54) is 0 Å². The molecule has 2 rings (SSSR count). The first-order valence-corrected chi connectivity index (χ1v) is 7.54. The Morgan fingerprint density at radius 2 is 2.14 bits per heavy atom. The van der Waals surface area contributed by atoms with Crippen molar-refractivity contribution in [3.8, 4) is 0 Å². The van der Waals surface area contributed by atoms with Crippen LogP contribution >= 0.6 is 11.6 Å². The van der Waals surface area contributed by atoms with Gasteiger partial charge >= 0.3 is 0 Å². The van der Waals surface area contributed by atoms with Crippen molar-refractivity contribution in [3.05, 3.63) is 52.9 Å². The second-order valence-electron chi connectivity index (χ2n) is 5.03. The van der Waals surface area contributed by atoms with E-state index in [1.807, 2.05) is 25.2 Å². The van der Waals surface area contributed by atoms with Crippen LogP contribution in [-0.2, 0) is 13.1 Å². The van der Waals surface area contributed by atoms with E-state index in [4.69, 9.17) is 11.6 Å². The molecule has 0 fully saturated rings. The van der Waals surface area contributed by atoms with Crippen LogP contribution < -0.4 is 10.2 Å². The van der Waals surface area contributed by atoms with Crippen LogP contribution in [0, 0.1) is 0 Å². The summed E-state index contributed by atoms with van der Waals surface area (Å²) < 4.78 is 0. The molecule has 1 N–H and O–H groups in total. The van der Waals surface area contributed by atoms with Gasteiger partial charge < -0.3 is 10.2 Å². The molecule has 1 aromatic carbocycles. The number of nitrogens with one attached hydrogen (secondary N) is 1. The van der Waals surface area contributed by atoms with Gasteiger partial charge in [-0.15, -0.1) is 0 Å². The molecule has 0 amide bonds. The number of hydrogen-bond donors (Lipinski definition) is 1. The molecule has 1 heterocycles. The predicted octanol–water partition coefficient (Wildman–Crippen LogP) is 3.27. The lowest BCUT2D eigenvalue weighted by Gasteiger charge is -2.18. The van der Waals surface area contributed by atoms with E-state index >= 15 is 0 Å². The summed E-state index contributed by atoms with van der Waals surface area (Å²) in [5, 5.41) is 4.09. The van der Waals surface area contributed by atoms with Crippen LogP contribution in [-0.4, -0.2) is 23.6 Å². The number of aromatic nitrogens is 2. The van der Waals surface area contributed by atoms with E-state index in [2.05, 4.69) is 33.2 Å². The highest BCUT2D eigenvalue weighted by molar-refractivity contribution is 6.30. The summed E-state index contributed by atoms with van der Waals surface area (Å²) in [7, 11) is 2.01. The normalized spacial score (nSPS) is 10.6. The van der Waals surface area contributed by atoms with Gasteiger partial charge in [0.25, 0.3) is 0 Å². The molecule has 0 aliphatic carbocycles.